The first-order chi connectivity index (χ1) is 9.80. The minimum absolute atomic E-state index is 0.322. The summed E-state index contributed by atoms with van der Waals surface area (Å²) in [5.74, 6) is 3.45. The van der Waals surface area contributed by atoms with Crippen molar-refractivity contribution in [3.8, 4) is 17.2 Å². The van der Waals surface area contributed by atoms with Crippen LogP contribution >= 0.6 is 12.6 Å². The summed E-state index contributed by atoms with van der Waals surface area (Å²) in [6.45, 7) is 0.759. The number of para-hydroxylation sites is 1. The summed E-state index contributed by atoms with van der Waals surface area (Å²) in [5, 5.41) is 0. The van der Waals surface area contributed by atoms with Gasteiger partial charge in [0.25, 0.3) is 0 Å². The van der Waals surface area contributed by atoms with Crippen molar-refractivity contribution in [3.63, 3.8) is 0 Å². The lowest BCUT2D eigenvalue weighted by Gasteiger charge is -2.13. The second-order valence-electron chi connectivity index (χ2n) is 5.33. The summed E-state index contributed by atoms with van der Waals surface area (Å²) >= 11 is 4.38. The van der Waals surface area contributed by atoms with Gasteiger partial charge in [-0.2, -0.15) is 12.6 Å². The molecule has 0 aromatic heterocycles. The molecule has 0 unspecified atom stereocenters. The molecule has 0 aliphatic heterocycles. The van der Waals surface area contributed by atoms with E-state index in [1.165, 1.54) is 12.8 Å². The highest BCUT2D eigenvalue weighted by Crippen LogP contribution is 2.46. The molecule has 0 heterocycles. The van der Waals surface area contributed by atoms with E-state index in [0.717, 1.165) is 29.6 Å². The van der Waals surface area contributed by atoms with Gasteiger partial charge < -0.3 is 9.47 Å². The van der Waals surface area contributed by atoms with Crippen molar-refractivity contribution in [2.45, 2.75) is 12.8 Å². The number of hydrogen-bond donors (Lipinski definition) is 1. The molecule has 1 aliphatic rings. The molecule has 1 fully saturated rings. The zero-order valence-electron chi connectivity index (χ0n) is 11.3. The number of thiol groups is 1. The summed E-state index contributed by atoms with van der Waals surface area (Å²) in [5.41, 5.74) is 0.322. The lowest BCUT2D eigenvalue weighted by Crippen LogP contribution is -2.14. The SMILES string of the molecule is SCC1(COc2ccc(Oc3ccccc3)cc2)CC1. The Morgan fingerprint density at radius 2 is 1.45 bits per heavy atom. The Labute approximate surface area is 125 Å². The molecular weight excluding hydrogens is 268 g/mol. The zero-order chi connectivity index (χ0) is 13.8. The maximum Gasteiger partial charge on any atom is 0.127 e. The summed E-state index contributed by atoms with van der Waals surface area (Å²) in [6, 6.07) is 17.5. The highest BCUT2D eigenvalue weighted by atomic mass is 32.1. The van der Waals surface area contributed by atoms with Crippen molar-refractivity contribution in [1.82, 2.24) is 0 Å². The number of rotatable bonds is 6. The van der Waals surface area contributed by atoms with Crippen molar-refractivity contribution < 1.29 is 9.47 Å². The number of hydrogen-bond acceptors (Lipinski definition) is 3. The smallest absolute Gasteiger partial charge is 0.127 e. The van der Waals surface area contributed by atoms with Crippen molar-refractivity contribution in [2.75, 3.05) is 12.4 Å². The van der Waals surface area contributed by atoms with Crippen LogP contribution in [0.5, 0.6) is 17.2 Å². The normalized spacial score (nSPS) is 15.7. The van der Waals surface area contributed by atoms with E-state index in [1.54, 1.807) is 0 Å². The van der Waals surface area contributed by atoms with Crippen LogP contribution in [-0.2, 0) is 0 Å². The Bertz CT molecular complexity index is 547. The second kappa shape index (κ2) is 5.80. The maximum atomic E-state index is 5.82. The minimum Gasteiger partial charge on any atom is -0.493 e. The Hall–Kier alpha value is -1.61. The fourth-order valence-corrected chi connectivity index (χ4v) is 2.40. The Kier molecular flexibility index (Phi) is 3.88. The minimum atomic E-state index is 0.322. The predicted molar refractivity (Wildman–Crippen MR) is 84.0 cm³/mol. The number of benzene rings is 2. The Balaban J connectivity index is 1.57. The molecule has 2 aromatic carbocycles. The molecular formula is C17H18O2S. The second-order valence-corrected chi connectivity index (χ2v) is 5.65. The van der Waals surface area contributed by atoms with Crippen LogP contribution in [0.1, 0.15) is 12.8 Å². The third-order valence-electron chi connectivity index (χ3n) is 3.64. The van der Waals surface area contributed by atoms with Crippen LogP contribution in [0.15, 0.2) is 54.6 Å². The van der Waals surface area contributed by atoms with E-state index in [4.69, 9.17) is 9.47 Å². The van der Waals surface area contributed by atoms with Crippen LogP contribution in [-0.4, -0.2) is 12.4 Å². The van der Waals surface area contributed by atoms with Gasteiger partial charge in [0.05, 0.1) is 6.61 Å². The van der Waals surface area contributed by atoms with Gasteiger partial charge in [-0.1, -0.05) is 18.2 Å². The van der Waals surface area contributed by atoms with E-state index < -0.39 is 0 Å². The summed E-state index contributed by atoms with van der Waals surface area (Å²) in [6.07, 6.45) is 2.46. The molecule has 0 bridgehead atoms. The van der Waals surface area contributed by atoms with Gasteiger partial charge in [0.2, 0.25) is 0 Å². The molecule has 1 saturated carbocycles. The quantitative estimate of drug-likeness (QED) is 0.784. The Morgan fingerprint density at radius 3 is 2.05 bits per heavy atom. The van der Waals surface area contributed by atoms with Crippen LogP contribution < -0.4 is 9.47 Å². The lowest BCUT2D eigenvalue weighted by atomic mass is 10.2. The summed E-state index contributed by atoms with van der Waals surface area (Å²) in [7, 11) is 0. The molecule has 20 heavy (non-hydrogen) atoms. The summed E-state index contributed by atoms with van der Waals surface area (Å²) < 4.78 is 11.6. The number of ether oxygens (including phenoxy) is 2. The largest absolute Gasteiger partial charge is 0.493 e. The summed E-state index contributed by atoms with van der Waals surface area (Å²) in [4.78, 5) is 0. The molecule has 3 heteroatoms. The van der Waals surface area contributed by atoms with Crippen LogP contribution in [0.2, 0.25) is 0 Å². The third-order valence-corrected chi connectivity index (χ3v) is 4.31. The molecule has 0 amide bonds. The molecule has 0 N–H and O–H groups in total. The van der Waals surface area contributed by atoms with Gasteiger partial charge >= 0.3 is 0 Å². The van der Waals surface area contributed by atoms with Crippen molar-refractivity contribution in [1.29, 1.82) is 0 Å². The monoisotopic (exact) mass is 286 g/mol. The van der Waals surface area contributed by atoms with Gasteiger partial charge in [-0.25, -0.2) is 0 Å². The topological polar surface area (TPSA) is 18.5 Å². The van der Waals surface area contributed by atoms with E-state index in [1.807, 2.05) is 54.6 Å². The van der Waals surface area contributed by atoms with Crippen molar-refractivity contribution >= 4 is 12.6 Å². The molecule has 2 nitrogen and oxygen atoms in total. The van der Waals surface area contributed by atoms with Crippen LogP contribution in [0.4, 0.5) is 0 Å². The van der Waals surface area contributed by atoms with Gasteiger partial charge in [-0.3, -0.25) is 0 Å². The maximum absolute atomic E-state index is 5.82. The highest BCUT2D eigenvalue weighted by molar-refractivity contribution is 7.80. The first-order valence-corrected chi connectivity index (χ1v) is 7.50. The van der Waals surface area contributed by atoms with E-state index in [-0.39, 0.29) is 0 Å². The lowest BCUT2D eigenvalue weighted by molar-refractivity contribution is 0.250. The highest BCUT2D eigenvalue weighted by Gasteiger charge is 2.42. The van der Waals surface area contributed by atoms with Gasteiger partial charge in [0.15, 0.2) is 0 Å². The predicted octanol–water partition coefficient (Wildman–Crippen LogP) is 4.57. The van der Waals surface area contributed by atoms with Gasteiger partial charge in [0, 0.05) is 5.41 Å². The van der Waals surface area contributed by atoms with Crippen molar-refractivity contribution in [3.05, 3.63) is 54.6 Å². The van der Waals surface area contributed by atoms with E-state index >= 15 is 0 Å². The van der Waals surface area contributed by atoms with Gasteiger partial charge in [-0.05, 0) is 55.0 Å². The van der Waals surface area contributed by atoms with Crippen molar-refractivity contribution in [2.24, 2.45) is 5.41 Å². The zero-order valence-corrected chi connectivity index (χ0v) is 12.2. The van der Waals surface area contributed by atoms with Crippen LogP contribution in [0.25, 0.3) is 0 Å². The fourth-order valence-electron chi connectivity index (χ4n) is 1.99. The van der Waals surface area contributed by atoms with E-state index in [9.17, 15) is 0 Å². The molecule has 2 aromatic rings. The molecule has 0 atom stereocenters. The molecule has 104 valence electrons. The first-order valence-electron chi connectivity index (χ1n) is 6.86. The van der Waals surface area contributed by atoms with Gasteiger partial charge in [-0.15, -0.1) is 0 Å². The standard InChI is InChI=1S/C17H18O2S/c20-13-17(10-11-17)12-18-14-6-8-16(9-7-14)19-15-4-2-1-3-5-15/h1-9,20H,10-13H2. The van der Waals surface area contributed by atoms with E-state index in [0.29, 0.717) is 5.41 Å². The fraction of sp³-hybridized carbons (Fsp3) is 0.294. The average molecular weight is 286 g/mol. The average Bonchev–Trinajstić information content (AvgIpc) is 3.28. The molecule has 1 aliphatic carbocycles. The van der Waals surface area contributed by atoms with Crippen LogP contribution in [0, 0.1) is 5.41 Å². The molecule has 0 saturated heterocycles. The molecule has 3 rings (SSSR count). The molecule has 0 spiro atoms. The van der Waals surface area contributed by atoms with Crippen LogP contribution in [0.3, 0.4) is 0 Å². The third kappa shape index (κ3) is 3.28. The first kappa shape index (κ1) is 13.4. The van der Waals surface area contributed by atoms with E-state index in [2.05, 4.69) is 12.6 Å². The Morgan fingerprint density at radius 1 is 0.850 bits per heavy atom. The van der Waals surface area contributed by atoms with Gasteiger partial charge in [0.1, 0.15) is 17.2 Å². The molecule has 0 radical (unpaired) electrons.